The first kappa shape index (κ1) is 35.3. The van der Waals surface area contributed by atoms with Gasteiger partial charge in [0, 0.05) is 12.8 Å². The molecule has 0 aliphatic carbocycles. The lowest BCUT2D eigenvalue weighted by atomic mass is 9.84. The Morgan fingerprint density at radius 2 is 1.07 bits per heavy atom. The largest absolute Gasteiger partial charge is 0.481 e. The van der Waals surface area contributed by atoms with Crippen molar-refractivity contribution >= 4 is 45.6 Å². The van der Waals surface area contributed by atoms with Crippen LogP contribution in [0.25, 0.3) is 0 Å². The van der Waals surface area contributed by atoms with Crippen molar-refractivity contribution in [3.05, 3.63) is 0 Å². The van der Waals surface area contributed by atoms with E-state index in [0.29, 0.717) is 17.8 Å². The van der Waals surface area contributed by atoms with Gasteiger partial charge in [-0.15, -0.1) is 0 Å². The normalized spacial score (nSPS) is 12.6. The van der Waals surface area contributed by atoms with Gasteiger partial charge < -0.3 is 10.8 Å². The van der Waals surface area contributed by atoms with Crippen molar-refractivity contribution in [1.29, 1.82) is 0 Å². The number of aliphatic carboxylic acids is 1. The maximum absolute atomic E-state index is 10.5. The summed E-state index contributed by atoms with van der Waals surface area (Å²) >= 11 is 8.98. The zero-order valence-corrected chi connectivity index (χ0v) is 19.9. The van der Waals surface area contributed by atoms with Crippen molar-refractivity contribution in [3.8, 4) is 0 Å². The second-order valence-corrected chi connectivity index (χ2v) is 10.2. The van der Waals surface area contributed by atoms with Gasteiger partial charge in [-0.2, -0.15) is 0 Å². The summed E-state index contributed by atoms with van der Waals surface area (Å²) in [6.07, 6.45) is 2.82. The van der Waals surface area contributed by atoms with E-state index in [2.05, 4.69) is 71.7 Å². The Labute approximate surface area is 186 Å². The van der Waals surface area contributed by atoms with Crippen molar-refractivity contribution in [2.24, 2.45) is 28.4 Å². The highest BCUT2D eigenvalue weighted by Crippen LogP contribution is 2.26. The van der Waals surface area contributed by atoms with Gasteiger partial charge in [0.1, 0.15) is 0 Å². The molecule has 0 heterocycles. The molecule has 0 aromatic carbocycles. The number of hydrogen-bond donors (Lipinski definition) is 2. The van der Waals surface area contributed by atoms with Crippen LogP contribution in [-0.2, 0) is 19.2 Å². The van der Waals surface area contributed by atoms with Crippen molar-refractivity contribution in [1.82, 2.24) is 0 Å². The van der Waals surface area contributed by atoms with Crippen molar-refractivity contribution < 1.29 is 24.3 Å². The molecule has 0 aromatic heterocycles. The van der Waals surface area contributed by atoms with Gasteiger partial charge in [-0.3, -0.25) is 19.2 Å². The van der Waals surface area contributed by atoms with E-state index in [1.54, 1.807) is 0 Å². The third kappa shape index (κ3) is 38.1. The van der Waals surface area contributed by atoms with Crippen molar-refractivity contribution in [3.63, 3.8) is 0 Å². The van der Waals surface area contributed by atoms with Crippen molar-refractivity contribution in [2.75, 3.05) is 0 Å². The fraction of sp³-hybridized carbons (Fsp3) is 0.810. The first-order chi connectivity index (χ1) is 12.3. The van der Waals surface area contributed by atoms with Crippen LogP contribution >= 0.6 is 23.2 Å². The third-order valence-electron chi connectivity index (χ3n) is 3.15. The van der Waals surface area contributed by atoms with E-state index in [0.717, 1.165) is 12.8 Å². The molecule has 174 valence electrons. The molecule has 0 aliphatic rings. The number of hydrogen-bond acceptors (Lipinski definition) is 4. The fourth-order valence-corrected chi connectivity index (χ4v) is 2.88. The summed E-state index contributed by atoms with van der Waals surface area (Å²) < 4.78 is 0. The monoisotopic (exact) mass is 457 g/mol. The molecule has 6 nitrogen and oxygen atoms in total. The maximum Gasteiger partial charge on any atom is 0.304 e. The molecule has 0 bridgehead atoms. The van der Waals surface area contributed by atoms with Crippen LogP contribution in [0.15, 0.2) is 0 Å². The third-order valence-corrected chi connectivity index (χ3v) is 3.59. The van der Waals surface area contributed by atoms with Crippen LogP contribution in [0, 0.1) is 22.7 Å². The van der Waals surface area contributed by atoms with Crippen molar-refractivity contribution in [2.45, 2.75) is 88.5 Å². The zero-order chi connectivity index (χ0) is 23.3. The lowest BCUT2D eigenvalue weighted by Crippen LogP contribution is -2.18. The molecule has 1 amide bonds. The van der Waals surface area contributed by atoms with Crippen LogP contribution in [0.4, 0.5) is 0 Å². The van der Waals surface area contributed by atoms with Gasteiger partial charge >= 0.3 is 16.5 Å². The molecule has 0 fully saturated rings. The lowest BCUT2D eigenvalue weighted by Gasteiger charge is -2.22. The standard InChI is InChI=1S/C9H19NO.C9H18O2.C2Cl2O2.CH4/c2*1-7(5-8(10)11)6-9(2,3)4;3-1(5)2(4)6;/h7H,5-6H2,1-4H3,(H2,10,11);7H,5-6H2,1-4H3,(H,10,11);;1H4. The Morgan fingerprint density at radius 3 is 1.24 bits per heavy atom. The van der Waals surface area contributed by atoms with Gasteiger partial charge in [-0.05, 0) is 58.7 Å². The van der Waals surface area contributed by atoms with Gasteiger partial charge in [0.2, 0.25) is 5.91 Å². The van der Waals surface area contributed by atoms with Gasteiger partial charge in [0.25, 0.3) is 0 Å². The van der Waals surface area contributed by atoms with E-state index < -0.39 is 16.5 Å². The first-order valence-electron chi connectivity index (χ1n) is 9.16. The molecule has 0 saturated heterocycles. The minimum Gasteiger partial charge on any atom is -0.481 e. The minimum absolute atomic E-state index is 0. The number of nitrogens with two attached hydrogens (primary N) is 1. The summed E-state index contributed by atoms with van der Waals surface area (Å²) in [5.41, 5.74) is 5.62. The molecule has 0 aliphatic heterocycles. The summed E-state index contributed by atoms with van der Waals surface area (Å²) in [6, 6.07) is 0. The second kappa shape index (κ2) is 16.6. The van der Waals surface area contributed by atoms with Gasteiger partial charge in [0.05, 0.1) is 0 Å². The Kier molecular flexibility index (Phi) is 20.3. The number of carboxylic acid groups (broad SMARTS) is 1. The summed E-state index contributed by atoms with van der Waals surface area (Å²) in [7, 11) is 0. The molecule has 0 saturated carbocycles. The molecule has 29 heavy (non-hydrogen) atoms. The predicted octanol–water partition coefficient (Wildman–Crippen LogP) is 5.62. The molecule has 2 atom stereocenters. The number of rotatable bonds is 7. The van der Waals surface area contributed by atoms with Crippen LogP contribution in [0.5, 0.6) is 0 Å². The Balaban J connectivity index is -0.000000166. The Hall–Kier alpha value is -1.14. The van der Waals surface area contributed by atoms with E-state index in [1.165, 1.54) is 0 Å². The molecule has 0 rings (SSSR count). The van der Waals surface area contributed by atoms with Gasteiger partial charge in [-0.25, -0.2) is 0 Å². The number of carbonyl (C=O) groups excluding carboxylic acids is 3. The van der Waals surface area contributed by atoms with Crippen LogP contribution in [-0.4, -0.2) is 27.5 Å². The fourth-order valence-electron chi connectivity index (χ4n) is 2.88. The molecular formula is C21H41Cl2NO5. The average molecular weight is 458 g/mol. The highest BCUT2D eigenvalue weighted by Gasteiger charge is 2.17. The molecule has 2 unspecified atom stereocenters. The topological polar surface area (TPSA) is 115 Å². The van der Waals surface area contributed by atoms with Crippen LogP contribution in [0.2, 0.25) is 0 Å². The molecule has 0 radical (unpaired) electrons. The van der Waals surface area contributed by atoms with Gasteiger partial charge in [-0.1, -0.05) is 62.8 Å². The summed E-state index contributed by atoms with van der Waals surface area (Å²) in [6.45, 7) is 17.0. The van der Waals surface area contributed by atoms with E-state index in [9.17, 15) is 19.2 Å². The summed E-state index contributed by atoms with van der Waals surface area (Å²) in [4.78, 5) is 39.7. The lowest BCUT2D eigenvalue weighted by molar-refractivity contribution is -0.138. The molecular weight excluding hydrogens is 417 g/mol. The highest BCUT2D eigenvalue weighted by atomic mass is 35.5. The average Bonchev–Trinajstić information content (AvgIpc) is 2.32. The maximum atomic E-state index is 10.5. The van der Waals surface area contributed by atoms with E-state index >= 15 is 0 Å². The molecule has 0 aromatic rings. The van der Waals surface area contributed by atoms with Crippen LogP contribution in [0.3, 0.4) is 0 Å². The van der Waals surface area contributed by atoms with Crippen LogP contribution in [0.1, 0.15) is 88.5 Å². The number of primary amides is 1. The first-order valence-corrected chi connectivity index (χ1v) is 9.91. The molecule has 8 heteroatoms. The van der Waals surface area contributed by atoms with Gasteiger partial charge in [0.15, 0.2) is 0 Å². The summed E-state index contributed by atoms with van der Waals surface area (Å²) in [5.74, 6) is -0.191. The highest BCUT2D eigenvalue weighted by molar-refractivity contribution is 6.97. The number of halogens is 2. The summed E-state index contributed by atoms with van der Waals surface area (Å²) in [5, 5.41) is 6.20. The smallest absolute Gasteiger partial charge is 0.304 e. The predicted molar refractivity (Wildman–Crippen MR) is 121 cm³/mol. The zero-order valence-electron chi connectivity index (χ0n) is 18.4. The van der Waals surface area contributed by atoms with E-state index in [4.69, 9.17) is 10.8 Å². The SMILES string of the molecule is C.CC(CC(=O)O)CC(C)(C)C.CC(CC(N)=O)CC(C)(C)C.O=C(Cl)C(=O)Cl. The van der Waals surface area contributed by atoms with Crippen LogP contribution < -0.4 is 5.73 Å². The number of carboxylic acids is 1. The van der Waals surface area contributed by atoms with E-state index in [-0.39, 0.29) is 31.1 Å². The molecule has 0 spiro atoms. The van der Waals surface area contributed by atoms with E-state index in [1.807, 2.05) is 6.92 Å². The molecule has 3 N–H and O–H groups in total. The second-order valence-electron chi connectivity index (χ2n) is 9.56. The number of amides is 1. The Morgan fingerprint density at radius 1 is 0.793 bits per heavy atom. The Bertz CT molecular complexity index is 462. The quantitative estimate of drug-likeness (QED) is 0.380. The minimum atomic E-state index is -1.14. The number of carbonyl (C=O) groups is 4.